The Kier molecular flexibility index (Phi) is 4.32. The normalized spacial score (nSPS) is 14.5. The summed E-state index contributed by atoms with van der Waals surface area (Å²) in [5.41, 5.74) is 2.26. The maximum atomic E-state index is 12.9. The van der Waals surface area contributed by atoms with Crippen molar-refractivity contribution in [2.45, 2.75) is 12.8 Å². The molecule has 0 aliphatic carbocycles. The average molecular weight is 365 g/mol. The van der Waals surface area contributed by atoms with Crippen molar-refractivity contribution in [2.24, 2.45) is 0 Å². The Morgan fingerprint density at radius 3 is 2.48 bits per heavy atom. The summed E-state index contributed by atoms with van der Waals surface area (Å²) < 4.78 is 0.904. The Bertz CT molecular complexity index is 680. The van der Waals surface area contributed by atoms with Crippen molar-refractivity contribution in [2.75, 3.05) is 18.0 Å². The van der Waals surface area contributed by atoms with E-state index >= 15 is 0 Å². The molecule has 0 amide bonds. The zero-order valence-electron chi connectivity index (χ0n) is 11.5. The second kappa shape index (κ2) is 6.20. The van der Waals surface area contributed by atoms with E-state index in [0.29, 0.717) is 16.1 Å². The molecule has 0 spiro atoms. The quantitative estimate of drug-likeness (QED) is 0.719. The molecule has 1 heterocycles. The molecule has 0 unspecified atom stereocenters. The van der Waals surface area contributed by atoms with Gasteiger partial charge in [0.25, 0.3) is 0 Å². The van der Waals surface area contributed by atoms with Gasteiger partial charge in [0, 0.05) is 34.4 Å². The highest BCUT2D eigenvalue weighted by Gasteiger charge is 2.21. The molecule has 2 nitrogen and oxygen atoms in total. The van der Waals surface area contributed by atoms with Crippen molar-refractivity contribution < 1.29 is 4.79 Å². The van der Waals surface area contributed by atoms with Crippen molar-refractivity contribution in [1.82, 2.24) is 0 Å². The topological polar surface area (TPSA) is 20.3 Å². The average Bonchev–Trinajstić information content (AvgIpc) is 3.01. The molecule has 0 bridgehead atoms. The summed E-state index contributed by atoms with van der Waals surface area (Å²) in [4.78, 5) is 15.1. The first-order chi connectivity index (χ1) is 10.2. The number of carbonyl (C=O) groups excluding carboxylic acids is 1. The molecule has 0 saturated carbocycles. The maximum Gasteiger partial charge on any atom is 0.196 e. The Balaban J connectivity index is 2.06. The van der Waals surface area contributed by atoms with Gasteiger partial charge in [0.15, 0.2) is 5.78 Å². The van der Waals surface area contributed by atoms with Crippen LogP contribution in [0, 0.1) is 0 Å². The second-order valence-corrected chi connectivity index (χ2v) is 6.49. The molecular formula is C17H15BrClNO. The van der Waals surface area contributed by atoms with Gasteiger partial charge in [0.2, 0.25) is 0 Å². The van der Waals surface area contributed by atoms with Crippen molar-refractivity contribution in [1.29, 1.82) is 0 Å². The molecule has 2 aromatic carbocycles. The van der Waals surface area contributed by atoms with Crippen LogP contribution in [0.2, 0.25) is 5.02 Å². The van der Waals surface area contributed by atoms with Crippen LogP contribution in [0.15, 0.2) is 46.9 Å². The zero-order chi connectivity index (χ0) is 14.8. The van der Waals surface area contributed by atoms with Crippen LogP contribution in [0.1, 0.15) is 28.8 Å². The van der Waals surface area contributed by atoms with E-state index in [1.54, 1.807) is 12.1 Å². The highest BCUT2D eigenvalue weighted by atomic mass is 79.9. The van der Waals surface area contributed by atoms with Gasteiger partial charge in [-0.25, -0.2) is 0 Å². The third-order valence-electron chi connectivity index (χ3n) is 3.77. The van der Waals surface area contributed by atoms with E-state index in [4.69, 9.17) is 11.6 Å². The predicted molar refractivity (Wildman–Crippen MR) is 90.5 cm³/mol. The fraction of sp³-hybridized carbons (Fsp3) is 0.235. The van der Waals surface area contributed by atoms with Gasteiger partial charge in [-0.1, -0.05) is 39.7 Å². The minimum Gasteiger partial charge on any atom is -0.371 e. The van der Waals surface area contributed by atoms with E-state index in [0.717, 1.165) is 23.2 Å². The number of ketones is 1. The van der Waals surface area contributed by atoms with Crippen LogP contribution < -0.4 is 4.90 Å². The van der Waals surface area contributed by atoms with Gasteiger partial charge in [0.1, 0.15) is 0 Å². The Morgan fingerprint density at radius 2 is 1.76 bits per heavy atom. The smallest absolute Gasteiger partial charge is 0.196 e. The molecule has 0 radical (unpaired) electrons. The number of rotatable bonds is 3. The SMILES string of the molecule is O=C(c1ccccc1Cl)c1cc(Br)ccc1N1CCCC1. The van der Waals surface area contributed by atoms with Crippen LogP contribution >= 0.6 is 27.5 Å². The van der Waals surface area contributed by atoms with E-state index in [-0.39, 0.29) is 5.78 Å². The molecule has 1 fully saturated rings. The van der Waals surface area contributed by atoms with Gasteiger partial charge in [-0.05, 0) is 43.2 Å². The number of hydrogen-bond donors (Lipinski definition) is 0. The van der Waals surface area contributed by atoms with Crippen LogP contribution in [-0.2, 0) is 0 Å². The lowest BCUT2D eigenvalue weighted by molar-refractivity contribution is 0.103. The van der Waals surface area contributed by atoms with Crippen LogP contribution in [0.3, 0.4) is 0 Å². The van der Waals surface area contributed by atoms with Crippen molar-refractivity contribution in [3.63, 3.8) is 0 Å². The van der Waals surface area contributed by atoms with E-state index in [1.165, 1.54) is 12.8 Å². The molecule has 2 aromatic rings. The molecule has 0 N–H and O–H groups in total. The lowest BCUT2D eigenvalue weighted by Gasteiger charge is -2.21. The highest BCUT2D eigenvalue weighted by molar-refractivity contribution is 9.10. The molecule has 1 aliphatic rings. The lowest BCUT2D eigenvalue weighted by Crippen LogP contribution is -2.21. The van der Waals surface area contributed by atoms with Gasteiger partial charge in [-0.2, -0.15) is 0 Å². The lowest BCUT2D eigenvalue weighted by atomic mass is 10.0. The molecule has 0 aromatic heterocycles. The molecular weight excluding hydrogens is 350 g/mol. The zero-order valence-corrected chi connectivity index (χ0v) is 13.8. The summed E-state index contributed by atoms with van der Waals surface area (Å²) in [5.74, 6) is -0.0243. The van der Waals surface area contributed by atoms with Crippen LogP contribution in [0.4, 0.5) is 5.69 Å². The number of hydrogen-bond acceptors (Lipinski definition) is 2. The van der Waals surface area contributed by atoms with Gasteiger partial charge < -0.3 is 4.90 Å². The Hall–Kier alpha value is -1.32. The van der Waals surface area contributed by atoms with Crippen LogP contribution in [0.25, 0.3) is 0 Å². The van der Waals surface area contributed by atoms with Gasteiger partial charge in [-0.15, -0.1) is 0 Å². The molecule has 4 heteroatoms. The third kappa shape index (κ3) is 2.99. The summed E-state index contributed by atoms with van der Waals surface area (Å²) >= 11 is 9.64. The summed E-state index contributed by atoms with van der Waals surface area (Å²) in [6.07, 6.45) is 2.35. The standard InChI is InChI=1S/C17H15BrClNO/c18-12-7-8-16(20-9-3-4-10-20)14(11-12)17(21)13-5-1-2-6-15(13)19/h1-2,5-8,11H,3-4,9-10H2. The maximum absolute atomic E-state index is 12.9. The fourth-order valence-corrected chi connectivity index (χ4v) is 3.30. The molecule has 108 valence electrons. The van der Waals surface area contributed by atoms with Crippen LogP contribution in [-0.4, -0.2) is 18.9 Å². The summed E-state index contributed by atoms with van der Waals surface area (Å²) in [6, 6.07) is 13.1. The number of nitrogens with zero attached hydrogens (tertiary/aromatic N) is 1. The first-order valence-corrected chi connectivity index (χ1v) is 8.17. The Labute approximate surface area is 137 Å². The number of carbonyl (C=O) groups is 1. The molecule has 1 saturated heterocycles. The van der Waals surface area contributed by atoms with Crippen molar-refractivity contribution in [3.8, 4) is 0 Å². The van der Waals surface area contributed by atoms with Crippen molar-refractivity contribution >= 4 is 39.0 Å². The largest absolute Gasteiger partial charge is 0.371 e. The monoisotopic (exact) mass is 363 g/mol. The number of benzene rings is 2. The highest BCUT2D eigenvalue weighted by Crippen LogP contribution is 2.30. The summed E-state index contributed by atoms with van der Waals surface area (Å²) in [6.45, 7) is 2.01. The van der Waals surface area contributed by atoms with E-state index in [1.807, 2.05) is 30.3 Å². The number of halogens is 2. The van der Waals surface area contributed by atoms with Crippen LogP contribution in [0.5, 0.6) is 0 Å². The first kappa shape index (κ1) is 14.6. The van der Waals surface area contributed by atoms with Crippen molar-refractivity contribution in [3.05, 3.63) is 63.1 Å². The molecule has 1 aliphatic heterocycles. The fourth-order valence-electron chi connectivity index (χ4n) is 2.71. The van der Waals surface area contributed by atoms with E-state index < -0.39 is 0 Å². The molecule has 0 atom stereocenters. The minimum atomic E-state index is -0.0243. The molecule has 21 heavy (non-hydrogen) atoms. The minimum absolute atomic E-state index is 0.0243. The van der Waals surface area contributed by atoms with E-state index in [9.17, 15) is 4.79 Å². The molecule has 3 rings (SSSR count). The second-order valence-electron chi connectivity index (χ2n) is 5.16. The Morgan fingerprint density at radius 1 is 1.05 bits per heavy atom. The predicted octanol–water partition coefficient (Wildman–Crippen LogP) is 4.93. The van der Waals surface area contributed by atoms with E-state index in [2.05, 4.69) is 20.8 Å². The summed E-state index contributed by atoms with van der Waals surface area (Å²) in [7, 11) is 0. The first-order valence-electron chi connectivity index (χ1n) is 7.00. The number of anilines is 1. The third-order valence-corrected chi connectivity index (χ3v) is 4.59. The van der Waals surface area contributed by atoms with Gasteiger partial charge in [0.05, 0.1) is 5.02 Å². The van der Waals surface area contributed by atoms with Gasteiger partial charge in [-0.3, -0.25) is 4.79 Å². The van der Waals surface area contributed by atoms with Gasteiger partial charge >= 0.3 is 0 Å². The summed E-state index contributed by atoms with van der Waals surface area (Å²) in [5, 5.41) is 0.495.